The van der Waals surface area contributed by atoms with Gasteiger partial charge in [0.25, 0.3) is 0 Å². The lowest BCUT2D eigenvalue weighted by molar-refractivity contribution is 0.331. The SMILES string of the molecule is COc1ccc(OCCNc2cnnc(NCCc3ccccc3F)n2)cc1. The van der Waals surface area contributed by atoms with Gasteiger partial charge in [0.2, 0.25) is 5.95 Å². The van der Waals surface area contributed by atoms with E-state index in [1.54, 1.807) is 19.2 Å². The lowest BCUT2D eigenvalue weighted by atomic mass is 10.1. The Kier molecular flexibility index (Phi) is 6.95. The molecule has 0 aliphatic carbocycles. The maximum absolute atomic E-state index is 13.6. The van der Waals surface area contributed by atoms with Crippen LogP contribution in [0, 0.1) is 5.82 Å². The zero-order chi connectivity index (χ0) is 19.6. The Morgan fingerprint density at radius 3 is 2.54 bits per heavy atom. The molecule has 0 saturated carbocycles. The van der Waals surface area contributed by atoms with E-state index in [0.29, 0.717) is 43.4 Å². The first kappa shape index (κ1) is 19.3. The molecular formula is C20H22FN5O2. The Balaban J connectivity index is 1.41. The first-order valence-electron chi connectivity index (χ1n) is 8.92. The van der Waals surface area contributed by atoms with E-state index >= 15 is 0 Å². The molecule has 0 aliphatic heterocycles. The molecule has 0 saturated heterocycles. The molecule has 0 amide bonds. The summed E-state index contributed by atoms with van der Waals surface area (Å²) in [6, 6.07) is 14.1. The van der Waals surface area contributed by atoms with Crippen molar-refractivity contribution >= 4 is 11.8 Å². The molecule has 3 rings (SSSR count). The Bertz CT molecular complexity index is 876. The van der Waals surface area contributed by atoms with Gasteiger partial charge in [0, 0.05) is 6.54 Å². The van der Waals surface area contributed by atoms with Crippen LogP contribution in [-0.4, -0.2) is 42.0 Å². The molecule has 0 atom stereocenters. The number of nitrogens with one attached hydrogen (secondary N) is 2. The summed E-state index contributed by atoms with van der Waals surface area (Å²) >= 11 is 0. The molecule has 28 heavy (non-hydrogen) atoms. The number of hydrogen-bond donors (Lipinski definition) is 2. The molecule has 0 aliphatic rings. The van der Waals surface area contributed by atoms with E-state index in [-0.39, 0.29) is 5.82 Å². The largest absolute Gasteiger partial charge is 0.497 e. The minimum absolute atomic E-state index is 0.212. The van der Waals surface area contributed by atoms with Crippen LogP contribution in [0.2, 0.25) is 0 Å². The summed E-state index contributed by atoms with van der Waals surface area (Å²) in [4.78, 5) is 4.33. The lowest BCUT2D eigenvalue weighted by Crippen LogP contribution is -2.14. The van der Waals surface area contributed by atoms with Crippen LogP contribution in [0.3, 0.4) is 0 Å². The maximum Gasteiger partial charge on any atom is 0.244 e. The van der Waals surface area contributed by atoms with Gasteiger partial charge in [0.15, 0.2) is 5.82 Å². The molecular weight excluding hydrogens is 361 g/mol. The summed E-state index contributed by atoms with van der Waals surface area (Å²) in [6.07, 6.45) is 2.07. The van der Waals surface area contributed by atoms with Gasteiger partial charge in [-0.1, -0.05) is 18.2 Å². The fraction of sp³-hybridized carbons (Fsp3) is 0.250. The van der Waals surface area contributed by atoms with Gasteiger partial charge in [0.1, 0.15) is 23.9 Å². The Morgan fingerprint density at radius 2 is 1.75 bits per heavy atom. The van der Waals surface area contributed by atoms with Crippen molar-refractivity contribution in [2.24, 2.45) is 0 Å². The van der Waals surface area contributed by atoms with E-state index in [4.69, 9.17) is 9.47 Å². The second-order valence-electron chi connectivity index (χ2n) is 5.88. The normalized spacial score (nSPS) is 10.4. The molecule has 2 aromatic carbocycles. The van der Waals surface area contributed by atoms with E-state index in [1.807, 2.05) is 30.3 Å². The monoisotopic (exact) mass is 383 g/mol. The summed E-state index contributed by atoms with van der Waals surface area (Å²) in [7, 11) is 1.62. The number of aromatic nitrogens is 3. The predicted octanol–water partition coefficient (Wildman–Crippen LogP) is 3.16. The molecule has 8 heteroatoms. The van der Waals surface area contributed by atoms with Crippen LogP contribution in [0.5, 0.6) is 11.5 Å². The topological polar surface area (TPSA) is 81.2 Å². The molecule has 0 radical (unpaired) electrons. The highest BCUT2D eigenvalue weighted by Crippen LogP contribution is 2.16. The van der Waals surface area contributed by atoms with Crippen LogP contribution < -0.4 is 20.1 Å². The number of methoxy groups -OCH3 is 1. The zero-order valence-electron chi connectivity index (χ0n) is 15.6. The summed E-state index contributed by atoms with van der Waals surface area (Å²) in [6.45, 7) is 1.53. The Hall–Kier alpha value is -3.42. The quantitative estimate of drug-likeness (QED) is 0.521. The number of ether oxygens (including phenoxy) is 2. The molecule has 1 heterocycles. The van der Waals surface area contributed by atoms with E-state index in [2.05, 4.69) is 25.8 Å². The van der Waals surface area contributed by atoms with Gasteiger partial charge < -0.3 is 20.1 Å². The minimum atomic E-state index is -0.212. The van der Waals surface area contributed by atoms with Crippen LogP contribution in [0.15, 0.2) is 54.7 Å². The molecule has 3 aromatic rings. The summed E-state index contributed by atoms with van der Waals surface area (Å²) < 4.78 is 24.4. The lowest BCUT2D eigenvalue weighted by Gasteiger charge is -2.09. The molecule has 0 fully saturated rings. The van der Waals surface area contributed by atoms with Crippen molar-refractivity contribution in [2.45, 2.75) is 6.42 Å². The maximum atomic E-state index is 13.6. The molecule has 0 bridgehead atoms. The first-order valence-corrected chi connectivity index (χ1v) is 8.92. The highest BCUT2D eigenvalue weighted by Gasteiger charge is 2.03. The molecule has 146 valence electrons. The van der Waals surface area contributed by atoms with Crippen molar-refractivity contribution in [3.8, 4) is 11.5 Å². The van der Waals surface area contributed by atoms with Crippen molar-refractivity contribution in [1.82, 2.24) is 15.2 Å². The van der Waals surface area contributed by atoms with Gasteiger partial charge >= 0.3 is 0 Å². The van der Waals surface area contributed by atoms with E-state index in [9.17, 15) is 4.39 Å². The van der Waals surface area contributed by atoms with Crippen molar-refractivity contribution in [3.05, 3.63) is 66.1 Å². The van der Waals surface area contributed by atoms with Gasteiger partial charge in [-0.15, -0.1) is 5.10 Å². The Morgan fingerprint density at radius 1 is 0.964 bits per heavy atom. The summed E-state index contributed by atoms with van der Waals surface area (Å²) in [5, 5.41) is 14.0. The summed E-state index contributed by atoms with van der Waals surface area (Å²) in [5.41, 5.74) is 0.646. The average Bonchev–Trinajstić information content (AvgIpc) is 2.73. The molecule has 0 spiro atoms. The van der Waals surface area contributed by atoms with Crippen LogP contribution in [0.4, 0.5) is 16.2 Å². The first-order chi connectivity index (χ1) is 13.7. The number of rotatable bonds is 10. The third-order valence-corrected chi connectivity index (χ3v) is 3.93. The average molecular weight is 383 g/mol. The summed E-state index contributed by atoms with van der Waals surface area (Å²) in [5.74, 6) is 2.31. The van der Waals surface area contributed by atoms with Gasteiger partial charge in [-0.25, -0.2) is 4.39 Å². The van der Waals surface area contributed by atoms with E-state index in [1.165, 1.54) is 12.3 Å². The van der Waals surface area contributed by atoms with Gasteiger partial charge in [-0.3, -0.25) is 0 Å². The van der Waals surface area contributed by atoms with Crippen molar-refractivity contribution < 1.29 is 13.9 Å². The Labute approximate surface area is 162 Å². The predicted molar refractivity (Wildman–Crippen MR) is 105 cm³/mol. The third kappa shape index (κ3) is 5.80. The van der Waals surface area contributed by atoms with Crippen molar-refractivity contribution in [2.75, 3.05) is 37.4 Å². The van der Waals surface area contributed by atoms with Crippen LogP contribution >= 0.6 is 0 Å². The number of nitrogens with zero attached hydrogens (tertiary/aromatic N) is 3. The standard InChI is InChI=1S/C20H22FN5O2/c1-27-16-6-8-17(9-7-16)28-13-12-22-19-14-24-26-20(25-19)23-11-10-15-4-2-3-5-18(15)21/h2-9,14H,10-13H2,1H3,(H2,22,23,25,26). The van der Waals surface area contributed by atoms with Crippen LogP contribution in [0.1, 0.15) is 5.56 Å². The smallest absolute Gasteiger partial charge is 0.244 e. The van der Waals surface area contributed by atoms with Crippen LogP contribution in [0.25, 0.3) is 0 Å². The number of anilines is 2. The van der Waals surface area contributed by atoms with E-state index in [0.717, 1.165) is 11.5 Å². The third-order valence-electron chi connectivity index (χ3n) is 3.93. The molecule has 7 nitrogen and oxygen atoms in total. The fourth-order valence-corrected chi connectivity index (χ4v) is 2.49. The van der Waals surface area contributed by atoms with Crippen molar-refractivity contribution in [3.63, 3.8) is 0 Å². The van der Waals surface area contributed by atoms with Gasteiger partial charge in [0.05, 0.1) is 19.9 Å². The highest BCUT2D eigenvalue weighted by molar-refractivity contribution is 5.37. The fourth-order valence-electron chi connectivity index (χ4n) is 2.49. The molecule has 0 unspecified atom stereocenters. The van der Waals surface area contributed by atoms with Crippen LogP contribution in [-0.2, 0) is 6.42 Å². The highest BCUT2D eigenvalue weighted by atomic mass is 19.1. The number of benzene rings is 2. The molecule has 2 N–H and O–H groups in total. The second kappa shape index (κ2) is 10.1. The second-order valence-corrected chi connectivity index (χ2v) is 5.88. The number of hydrogen-bond acceptors (Lipinski definition) is 7. The zero-order valence-corrected chi connectivity index (χ0v) is 15.6. The van der Waals surface area contributed by atoms with E-state index < -0.39 is 0 Å². The van der Waals surface area contributed by atoms with Gasteiger partial charge in [-0.2, -0.15) is 10.1 Å². The minimum Gasteiger partial charge on any atom is -0.497 e. The number of halogens is 1. The van der Waals surface area contributed by atoms with Gasteiger partial charge in [-0.05, 0) is 42.3 Å². The van der Waals surface area contributed by atoms with Crippen molar-refractivity contribution in [1.29, 1.82) is 0 Å². The molecule has 1 aromatic heterocycles.